The molecule has 0 aliphatic carbocycles. The second-order valence-electron chi connectivity index (χ2n) is 4.69. The van der Waals surface area contributed by atoms with Crippen molar-refractivity contribution >= 4 is 5.97 Å². The Labute approximate surface area is 106 Å². The molecule has 0 unspecified atom stereocenters. The summed E-state index contributed by atoms with van der Waals surface area (Å²) >= 11 is 0. The number of benzene rings is 1. The van der Waals surface area contributed by atoms with E-state index in [1.165, 1.54) is 18.2 Å². The van der Waals surface area contributed by atoms with Gasteiger partial charge in [-0.2, -0.15) is 0 Å². The topological polar surface area (TPSA) is 43.8 Å². The Morgan fingerprint density at radius 1 is 1.33 bits per heavy atom. The molecule has 1 aliphatic heterocycles. The second kappa shape index (κ2) is 5.46. The van der Waals surface area contributed by atoms with Crippen molar-refractivity contribution in [2.75, 3.05) is 33.2 Å². The van der Waals surface area contributed by atoms with E-state index in [4.69, 9.17) is 5.11 Å². The van der Waals surface area contributed by atoms with Gasteiger partial charge in [0.25, 0.3) is 0 Å². The SMILES string of the molecule is CN1CCN(Cc2cc(F)ccc2C(=O)O)CC1. The highest BCUT2D eigenvalue weighted by Crippen LogP contribution is 2.15. The predicted molar refractivity (Wildman–Crippen MR) is 66.1 cm³/mol. The largest absolute Gasteiger partial charge is 0.478 e. The number of carboxylic acid groups (broad SMARTS) is 1. The minimum atomic E-state index is -1.00. The van der Waals surface area contributed by atoms with Gasteiger partial charge in [-0.3, -0.25) is 4.90 Å². The molecule has 1 aromatic carbocycles. The fourth-order valence-electron chi connectivity index (χ4n) is 2.15. The molecular formula is C13H17FN2O2. The van der Waals surface area contributed by atoms with Gasteiger partial charge in [-0.15, -0.1) is 0 Å². The summed E-state index contributed by atoms with van der Waals surface area (Å²) < 4.78 is 13.2. The number of carboxylic acids is 1. The number of rotatable bonds is 3. The van der Waals surface area contributed by atoms with Crippen LogP contribution in [0.25, 0.3) is 0 Å². The Hall–Kier alpha value is -1.46. The van der Waals surface area contributed by atoms with Crippen LogP contribution in [0.15, 0.2) is 18.2 Å². The molecule has 0 spiro atoms. The van der Waals surface area contributed by atoms with Crippen LogP contribution in [0.2, 0.25) is 0 Å². The molecule has 0 radical (unpaired) electrons. The van der Waals surface area contributed by atoms with Crippen molar-refractivity contribution in [1.82, 2.24) is 9.80 Å². The monoisotopic (exact) mass is 252 g/mol. The van der Waals surface area contributed by atoms with Crippen molar-refractivity contribution in [1.29, 1.82) is 0 Å². The molecule has 1 aliphatic rings. The number of nitrogens with zero attached hydrogens (tertiary/aromatic N) is 2. The lowest BCUT2D eigenvalue weighted by molar-refractivity contribution is 0.0693. The van der Waals surface area contributed by atoms with Gasteiger partial charge >= 0.3 is 5.97 Å². The summed E-state index contributed by atoms with van der Waals surface area (Å²) in [5, 5.41) is 9.08. The number of carbonyl (C=O) groups is 1. The lowest BCUT2D eigenvalue weighted by Gasteiger charge is -2.32. The fraction of sp³-hybridized carbons (Fsp3) is 0.462. The summed E-state index contributed by atoms with van der Waals surface area (Å²) in [6.07, 6.45) is 0. The van der Waals surface area contributed by atoms with E-state index >= 15 is 0 Å². The molecule has 98 valence electrons. The molecule has 0 bridgehead atoms. The van der Waals surface area contributed by atoms with E-state index < -0.39 is 5.97 Å². The predicted octanol–water partition coefficient (Wildman–Crippen LogP) is 1.27. The summed E-state index contributed by atoms with van der Waals surface area (Å²) in [6, 6.07) is 3.85. The maximum atomic E-state index is 13.2. The molecule has 1 fully saturated rings. The zero-order valence-electron chi connectivity index (χ0n) is 10.4. The Kier molecular flexibility index (Phi) is 3.93. The van der Waals surface area contributed by atoms with E-state index in [1.807, 2.05) is 0 Å². The van der Waals surface area contributed by atoms with E-state index in [-0.39, 0.29) is 11.4 Å². The van der Waals surface area contributed by atoms with E-state index in [2.05, 4.69) is 16.8 Å². The minimum Gasteiger partial charge on any atom is -0.478 e. The zero-order valence-corrected chi connectivity index (χ0v) is 10.4. The van der Waals surface area contributed by atoms with Crippen LogP contribution in [0.5, 0.6) is 0 Å². The highest BCUT2D eigenvalue weighted by molar-refractivity contribution is 5.89. The molecule has 1 N–H and O–H groups in total. The number of aromatic carboxylic acids is 1. The van der Waals surface area contributed by atoms with Gasteiger partial charge in [0.1, 0.15) is 5.82 Å². The first-order chi connectivity index (χ1) is 8.56. The van der Waals surface area contributed by atoms with Crippen LogP contribution in [0.1, 0.15) is 15.9 Å². The summed E-state index contributed by atoms with van der Waals surface area (Å²) in [7, 11) is 2.06. The van der Waals surface area contributed by atoms with Gasteiger partial charge in [0.15, 0.2) is 0 Å². The molecule has 4 nitrogen and oxygen atoms in total. The molecule has 5 heteroatoms. The van der Waals surface area contributed by atoms with Crippen LogP contribution < -0.4 is 0 Å². The summed E-state index contributed by atoms with van der Waals surface area (Å²) in [5.74, 6) is -1.39. The number of hydrogen-bond donors (Lipinski definition) is 1. The lowest BCUT2D eigenvalue weighted by atomic mass is 10.1. The normalized spacial score (nSPS) is 17.9. The highest BCUT2D eigenvalue weighted by atomic mass is 19.1. The average molecular weight is 252 g/mol. The smallest absolute Gasteiger partial charge is 0.336 e. The summed E-state index contributed by atoms with van der Waals surface area (Å²) in [6.45, 7) is 4.17. The van der Waals surface area contributed by atoms with Crippen LogP contribution in [0.3, 0.4) is 0 Å². The Balaban J connectivity index is 2.12. The molecule has 1 saturated heterocycles. The van der Waals surface area contributed by atoms with Crippen LogP contribution in [0.4, 0.5) is 4.39 Å². The van der Waals surface area contributed by atoms with Gasteiger partial charge in [-0.05, 0) is 30.8 Å². The average Bonchev–Trinajstić information content (AvgIpc) is 2.32. The van der Waals surface area contributed by atoms with Crippen molar-refractivity contribution in [3.8, 4) is 0 Å². The molecular weight excluding hydrogens is 235 g/mol. The van der Waals surface area contributed by atoms with Gasteiger partial charge in [0.05, 0.1) is 5.56 Å². The van der Waals surface area contributed by atoms with Gasteiger partial charge in [-0.1, -0.05) is 0 Å². The van der Waals surface area contributed by atoms with Crippen molar-refractivity contribution < 1.29 is 14.3 Å². The molecule has 0 aromatic heterocycles. The molecule has 2 rings (SSSR count). The number of piperazine rings is 1. The van der Waals surface area contributed by atoms with Crippen molar-refractivity contribution in [2.24, 2.45) is 0 Å². The molecule has 1 heterocycles. The van der Waals surface area contributed by atoms with Crippen LogP contribution in [-0.2, 0) is 6.54 Å². The second-order valence-corrected chi connectivity index (χ2v) is 4.69. The zero-order chi connectivity index (χ0) is 13.1. The first-order valence-electron chi connectivity index (χ1n) is 5.99. The van der Waals surface area contributed by atoms with Gasteiger partial charge in [-0.25, -0.2) is 9.18 Å². The van der Waals surface area contributed by atoms with E-state index in [1.54, 1.807) is 0 Å². The number of likely N-dealkylation sites (N-methyl/N-ethyl adjacent to an activating group) is 1. The number of hydrogen-bond acceptors (Lipinski definition) is 3. The molecule has 0 amide bonds. The molecule has 18 heavy (non-hydrogen) atoms. The molecule has 1 aromatic rings. The molecule has 0 atom stereocenters. The van der Waals surface area contributed by atoms with Crippen molar-refractivity contribution in [2.45, 2.75) is 6.54 Å². The minimum absolute atomic E-state index is 0.190. The fourth-order valence-corrected chi connectivity index (χ4v) is 2.15. The maximum absolute atomic E-state index is 13.2. The Bertz CT molecular complexity index is 443. The van der Waals surface area contributed by atoms with Gasteiger partial charge in [0, 0.05) is 32.7 Å². The van der Waals surface area contributed by atoms with Gasteiger partial charge in [0.2, 0.25) is 0 Å². The summed E-state index contributed by atoms with van der Waals surface area (Å²) in [5.41, 5.74) is 0.738. The van der Waals surface area contributed by atoms with Crippen LogP contribution in [0, 0.1) is 5.82 Å². The standard InChI is InChI=1S/C13H17FN2O2/c1-15-4-6-16(7-5-15)9-10-8-11(14)2-3-12(10)13(17)18/h2-3,8H,4-7,9H2,1H3,(H,17,18). The van der Waals surface area contributed by atoms with E-state index in [9.17, 15) is 9.18 Å². The third-order valence-electron chi connectivity index (χ3n) is 3.29. The van der Waals surface area contributed by atoms with Gasteiger partial charge < -0.3 is 10.0 Å². The number of halogens is 1. The third-order valence-corrected chi connectivity index (χ3v) is 3.29. The summed E-state index contributed by atoms with van der Waals surface area (Å²) in [4.78, 5) is 15.5. The molecule has 0 saturated carbocycles. The lowest BCUT2D eigenvalue weighted by Crippen LogP contribution is -2.44. The van der Waals surface area contributed by atoms with Crippen LogP contribution >= 0.6 is 0 Å². The van der Waals surface area contributed by atoms with Crippen molar-refractivity contribution in [3.05, 3.63) is 35.1 Å². The van der Waals surface area contributed by atoms with Crippen molar-refractivity contribution in [3.63, 3.8) is 0 Å². The van der Waals surface area contributed by atoms with Crippen LogP contribution in [-0.4, -0.2) is 54.1 Å². The quantitative estimate of drug-likeness (QED) is 0.880. The first kappa shape index (κ1) is 13.0. The third kappa shape index (κ3) is 3.05. The Morgan fingerprint density at radius 2 is 2.00 bits per heavy atom. The first-order valence-corrected chi connectivity index (χ1v) is 5.99. The van der Waals surface area contributed by atoms with E-state index in [0.717, 1.165) is 26.2 Å². The Morgan fingerprint density at radius 3 is 2.61 bits per heavy atom. The maximum Gasteiger partial charge on any atom is 0.336 e. The highest BCUT2D eigenvalue weighted by Gasteiger charge is 2.17. The van der Waals surface area contributed by atoms with E-state index in [0.29, 0.717) is 12.1 Å².